The first-order valence-electron chi connectivity index (χ1n) is 5.46. The van der Waals surface area contributed by atoms with Gasteiger partial charge in [-0.2, -0.15) is 0 Å². The maximum Gasteiger partial charge on any atom is 0.258 e. The van der Waals surface area contributed by atoms with Crippen molar-refractivity contribution in [3.05, 3.63) is 49.9 Å². The van der Waals surface area contributed by atoms with Crippen LogP contribution < -0.4 is 11.1 Å². The van der Waals surface area contributed by atoms with Crippen LogP contribution in [0.3, 0.4) is 0 Å². The molecule has 0 saturated carbocycles. The molecule has 9 heteroatoms. The SMILES string of the molecule is N/C(=N/O)c1ccc(NC(=O)c2cc(Cl)sc2Cl)c(F)c1. The molecule has 2 aromatic rings. The molecule has 2 rings (SSSR count). The van der Waals surface area contributed by atoms with E-state index in [-0.39, 0.29) is 27.0 Å². The quantitative estimate of drug-likeness (QED) is 0.343. The van der Waals surface area contributed by atoms with E-state index in [0.29, 0.717) is 4.34 Å². The Hall–Kier alpha value is -1.83. The third-order valence-corrected chi connectivity index (χ3v) is 4.01. The number of hydrogen-bond acceptors (Lipinski definition) is 4. The van der Waals surface area contributed by atoms with Crippen LogP contribution in [0.2, 0.25) is 8.67 Å². The zero-order valence-electron chi connectivity index (χ0n) is 10.2. The van der Waals surface area contributed by atoms with Crippen LogP contribution in [0, 0.1) is 5.82 Å². The van der Waals surface area contributed by atoms with E-state index < -0.39 is 11.7 Å². The molecular formula is C12H8Cl2FN3O2S. The molecule has 1 aromatic carbocycles. The molecule has 0 unspecified atom stereocenters. The average molecular weight is 348 g/mol. The van der Waals surface area contributed by atoms with Gasteiger partial charge >= 0.3 is 0 Å². The van der Waals surface area contributed by atoms with E-state index in [2.05, 4.69) is 10.5 Å². The van der Waals surface area contributed by atoms with Crippen LogP contribution in [-0.4, -0.2) is 17.0 Å². The normalized spacial score (nSPS) is 11.5. The Morgan fingerprint density at radius 1 is 1.38 bits per heavy atom. The molecule has 0 saturated heterocycles. The van der Waals surface area contributed by atoms with Crippen molar-refractivity contribution in [2.24, 2.45) is 10.9 Å². The summed E-state index contributed by atoms with van der Waals surface area (Å²) in [5.41, 5.74) is 5.62. The van der Waals surface area contributed by atoms with Gasteiger partial charge in [0, 0.05) is 5.56 Å². The minimum atomic E-state index is -0.732. The number of amides is 1. The standard InChI is InChI=1S/C12H8Cl2FN3O2S/c13-9-4-6(10(14)21-9)12(19)17-8-2-1-5(3-7(8)15)11(16)18-20/h1-4,20H,(H2,16,18)(H,17,19). The summed E-state index contributed by atoms with van der Waals surface area (Å²) < 4.78 is 14.4. The largest absolute Gasteiger partial charge is 0.409 e. The molecule has 1 amide bonds. The number of thiophene rings is 1. The summed E-state index contributed by atoms with van der Waals surface area (Å²) in [4.78, 5) is 12.0. The number of rotatable bonds is 3. The van der Waals surface area contributed by atoms with E-state index in [1.807, 2.05) is 0 Å². The summed E-state index contributed by atoms with van der Waals surface area (Å²) >= 11 is 12.6. The third kappa shape index (κ3) is 3.44. The minimum absolute atomic E-state index is 0.0621. The average Bonchev–Trinajstić information content (AvgIpc) is 2.79. The van der Waals surface area contributed by atoms with E-state index in [0.717, 1.165) is 17.4 Å². The number of halogens is 3. The van der Waals surface area contributed by atoms with E-state index in [1.54, 1.807) is 0 Å². The number of benzene rings is 1. The Morgan fingerprint density at radius 2 is 2.10 bits per heavy atom. The van der Waals surface area contributed by atoms with Crippen molar-refractivity contribution < 1.29 is 14.4 Å². The molecule has 0 aliphatic rings. The van der Waals surface area contributed by atoms with Gasteiger partial charge in [0.1, 0.15) is 10.2 Å². The van der Waals surface area contributed by atoms with Crippen molar-refractivity contribution in [2.75, 3.05) is 5.32 Å². The predicted octanol–water partition coefficient (Wildman–Crippen LogP) is 3.54. The van der Waals surface area contributed by atoms with Crippen LogP contribution in [-0.2, 0) is 0 Å². The van der Waals surface area contributed by atoms with Gasteiger partial charge < -0.3 is 16.3 Å². The highest BCUT2D eigenvalue weighted by Crippen LogP contribution is 2.31. The van der Waals surface area contributed by atoms with Gasteiger partial charge in [0.25, 0.3) is 5.91 Å². The van der Waals surface area contributed by atoms with Crippen LogP contribution in [0.25, 0.3) is 0 Å². The van der Waals surface area contributed by atoms with Gasteiger partial charge in [-0.3, -0.25) is 4.79 Å². The number of nitrogens with two attached hydrogens (primary N) is 1. The first-order valence-corrected chi connectivity index (χ1v) is 7.03. The molecule has 0 radical (unpaired) electrons. The molecule has 4 N–H and O–H groups in total. The molecule has 0 fully saturated rings. The summed E-state index contributed by atoms with van der Waals surface area (Å²) in [5.74, 6) is -1.55. The molecule has 0 atom stereocenters. The fourth-order valence-corrected chi connectivity index (χ4v) is 2.98. The first kappa shape index (κ1) is 15.6. The Labute approximate surface area is 132 Å². The third-order valence-electron chi connectivity index (χ3n) is 2.52. The molecule has 5 nitrogen and oxygen atoms in total. The van der Waals surface area contributed by atoms with Crippen LogP contribution >= 0.6 is 34.5 Å². The Morgan fingerprint density at radius 3 is 2.62 bits per heavy atom. The summed E-state index contributed by atoms with van der Waals surface area (Å²) in [6.07, 6.45) is 0. The summed E-state index contributed by atoms with van der Waals surface area (Å²) in [5, 5.41) is 13.7. The Kier molecular flexibility index (Phi) is 4.66. The number of nitrogens with one attached hydrogen (secondary N) is 1. The first-order chi connectivity index (χ1) is 9.92. The number of anilines is 1. The van der Waals surface area contributed by atoms with E-state index >= 15 is 0 Å². The smallest absolute Gasteiger partial charge is 0.258 e. The molecular weight excluding hydrogens is 340 g/mol. The lowest BCUT2D eigenvalue weighted by Gasteiger charge is -2.07. The Balaban J connectivity index is 2.24. The molecule has 110 valence electrons. The molecule has 21 heavy (non-hydrogen) atoms. The van der Waals surface area contributed by atoms with Crippen LogP contribution in [0.15, 0.2) is 29.4 Å². The molecule has 1 heterocycles. The highest BCUT2D eigenvalue weighted by atomic mass is 35.5. The highest BCUT2D eigenvalue weighted by Gasteiger charge is 2.16. The topological polar surface area (TPSA) is 87.7 Å². The second-order valence-corrected chi connectivity index (χ2v) is 6.16. The zero-order chi connectivity index (χ0) is 15.6. The van der Waals surface area contributed by atoms with Crippen molar-refractivity contribution in [1.82, 2.24) is 0 Å². The monoisotopic (exact) mass is 347 g/mol. The fourth-order valence-electron chi connectivity index (χ4n) is 1.52. The number of carbonyl (C=O) groups excluding carboxylic acids is 1. The lowest BCUT2D eigenvalue weighted by atomic mass is 10.1. The number of hydrogen-bond donors (Lipinski definition) is 3. The second kappa shape index (κ2) is 6.30. The van der Waals surface area contributed by atoms with E-state index in [4.69, 9.17) is 34.1 Å². The van der Waals surface area contributed by atoms with Gasteiger partial charge in [-0.1, -0.05) is 28.4 Å². The van der Waals surface area contributed by atoms with E-state index in [9.17, 15) is 9.18 Å². The van der Waals surface area contributed by atoms with Gasteiger partial charge in [-0.25, -0.2) is 4.39 Å². The van der Waals surface area contributed by atoms with Crippen molar-refractivity contribution in [1.29, 1.82) is 0 Å². The lowest BCUT2D eigenvalue weighted by Crippen LogP contribution is -2.15. The molecule has 0 aliphatic heterocycles. The second-order valence-electron chi connectivity index (χ2n) is 3.87. The zero-order valence-corrected chi connectivity index (χ0v) is 12.6. The number of nitrogens with zero attached hydrogens (tertiary/aromatic N) is 1. The van der Waals surface area contributed by atoms with Crippen LogP contribution in [0.1, 0.15) is 15.9 Å². The maximum absolute atomic E-state index is 13.9. The van der Waals surface area contributed by atoms with Crippen molar-refractivity contribution in [2.45, 2.75) is 0 Å². The summed E-state index contributed by atoms with van der Waals surface area (Å²) in [7, 11) is 0. The Bertz CT molecular complexity index is 733. The molecule has 0 bridgehead atoms. The molecule has 0 aliphatic carbocycles. The van der Waals surface area contributed by atoms with Gasteiger partial charge in [-0.15, -0.1) is 11.3 Å². The lowest BCUT2D eigenvalue weighted by molar-refractivity contribution is 0.102. The number of carbonyl (C=O) groups is 1. The molecule has 0 spiro atoms. The summed E-state index contributed by atoms with van der Waals surface area (Å²) in [6.45, 7) is 0. The predicted molar refractivity (Wildman–Crippen MR) is 81.2 cm³/mol. The minimum Gasteiger partial charge on any atom is -0.409 e. The van der Waals surface area contributed by atoms with Gasteiger partial charge in [-0.05, 0) is 24.3 Å². The van der Waals surface area contributed by atoms with Crippen LogP contribution in [0.5, 0.6) is 0 Å². The maximum atomic E-state index is 13.9. The number of oxime groups is 1. The van der Waals surface area contributed by atoms with Gasteiger partial charge in [0.15, 0.2) is 5.84 Å². The van der Waals surface area contributed by atoms with Gasteiger partial charge in [0.05, 0.1) is 15.6 Å². The summed E-state index contributed by atoms with van der Waals surface area (Å²) in [6, 6.07) is 5.12. The van der Waals surface area contributed by atoms with Gasteiger partial charge in [0.2, 0.25) is 0 Å². The van der Waals surface area contributed by atoms with Crippen molar-refractivity contribution in [3.8, 4) is 0 Å². The highest BCUT2D eigenvalue weighted by molar-refractivity contribution is 7.20. The van der Waals surface area contributed by atoms with Crippen molar-refractivity contribution >= 4 is 52.0 Å². The molecule has 1 aromatic heterocycles. The van der Waals surface area contributed by atoms with E-state index in [1.165, 1.54) is 18.2 Å². The van der Waals surface area contributed by atoms with Crippen molar-refractivity contribution in [3.63, 3.8) is 0 Å². The number of amidine groups is 1. The van der Waals surface area contributed by atoms with Crippen LogP contribution in [0.4, 0.5) is 10.1 Å². The fraction of sp³-hybridized carbons (Fsp3) is 0.